The Hall–Kier alpha value is -2.23. The third-order valence-corrected chi connectivity index (χ3v) is 5.37. The van der Waals surface area contributed by atoms with Gasteiger partial charge in [-0.15, -0.1) is 0 Å². The van der Waals surface area contributed by atoms with Crippen molar-refractivity contribution in [3.63, 3.8) is 0 Å². The van der Waals surface area contributed by atoms with Crippen molar-refractivity contribution < 1.29 is 4.74 Å². The lowest BCUT2D eigenvalue weighted by Gasteiger charge is -2.36. The topological polar surface area (TPSA) is 15.7 Å². The van der Waals surface area contributed by atoms with Crippen LogP contribution in [0.4, 0.5) is 5.69 Å². The Balaban J connectivity index is 1.47. The molecule has 0 N–H and O–H groups in total. The van der Waals surface area contributed by atoms with Crippen molar-refractivity contribution in [1.29, 1.82) is 0 Å². The van der Waals surface area contributed by atoms with Crippen molar-refractivity contribution in [1.82, 2.24) is 4.90 Å². The number of ether oxygens (including phenoxy) is 1. The molecule has 1 aliphatic heterocycles. The monoisotopic (exact) mass is 366 g/mol. The number of methoxy groups -OCH3 is 1. The zero-order valence-corrected chi connectivity index (χ0v) is 15.7. The molecule has 134 valence electrons. The van der Waals surface area contributed by atoms with Gasteiger partial charge in [-0.25, -0.2) is 0 Å². The van der Waals surface area contributed by atoms with Crippen molar-refractivity contribution in [2.45, 2.75) is 6.54 Å². The maximum atomic E-state index is 6.13. The number of halogens is 1. The van der Waals surface area contributed by atoms with E-state index in [9.17, 15) is 0 Å². The van der Waals surface area contributed by atoms with Crippen LogP contribution in [0, 0.1) is 0 Å². The highest BCUT2D eigenvalue weighted by molar-refractivity contribution is 6.30. The molecule has 26 heavy (non-hydrogen) atoms. The Morgan fingerprint density at radius 2 is 1.65 bits per heavy atom. The van der Waals surface area contributed by atoms with Crippen molar-refractivity contribution in [3.8, 4) is 5.75 Å². The summed E-state index contributed by atoms with van der Waals surface area (Å²) in [5, 5.41) is 3.27. The normalized spacial score (nSPS) is 15.4. The molecule has 1 aliphatic rings. The molecule has 0 radical (unpaired) electrons. The molecule has 0 spiro atoms. The van der Waals surface area contributed by atoms with Crippen LogP contribution < -0.4 is 9.64 Å². The summed E-state index contributed by atoms with van der Waals surface area (Å²) in [5.41, 5.74) is 2.57. The Labute approximate surface area is 159 Å². The average molecular weight is 367 g/mol. The summed E-state index contributed by atoms with van der Waals surface area (Å²) in [5.74, 6) is 0.940. The molecule has 4 heteroatoms. The first kappa shape index (κ1) is 17.2. The fourth-order valence-corrected chi connectivity index (χ4v) is 3.91. The molecule has 3 aromatic carbocycles. The van der Waals surface area contributed by atoms with Gasteiger partial charge in [0.2, 0.25) is 0 Å². The first-order valence-electron chi connectivity index (χ1n) is 9.02. The van der Waals surface area contributed by atoms with Crippen LogP contribution in [0.1, 0.15) is 5.56 Å². The van der Waals surface area contributed by atoms with Gasteiger partial charge in [-0.05, 0) is 35.2 Å². The minimum absolute atomic E-state index is 0.801. The summed E-state index contributed by atoms with van der Waals surface area (Å²) in [6.07, 6.45) is 0. The lowest BCUT2D eigenvalue weighted by molar-refractivity contribution is 0.250. The predicted octanol–water partition coefficient (Wildman–Crippen LogP) is 4.82. The van der Waals surface area contributed by atoms with E-state index in [0.717, 1.165) is 43.5 Å². The van der Waals surface area contributed by atoms with E-state index in [0.29, 0.717) is 0 Å². The summed E-state index contributed by atoms with van der Waals surface area (Å²) < 4.78 is 5.51. The lowest BCUT2D eigenvalue weighted by Crippen LogP contribution is -2.46. The number of hydrogen-bond acceptors (Lipinski definition) is 3. The van der Waals surface area contributed by atoms with Gasteiger partial charge in [0, 0.05) is 48.8 Å². The second-order valence-electron chi connectivity index (χ2n) is 6.72. The number of rotatable bonds is 4. The molecule has 0 unspecified atom stereocenters. The molecule has 1 heterocycles. The van der Waals surface area contributed by atoms with Gasteiger partial charge in [0.15, 0.2) is 0 Å². The quantitative estimate of drug-likeness (QED) is 0.658. The molecule has 0 bridgehead atoms. The number of nitrogens with zero attached hydrogens (tertiary/aromatic N) is 2. The number of fused-ring (bicyclic) bond motifs is 1. The van der Waals surface area contributed by atoms with Crippen LogP contribution in [-0.4, -0.2) is 38.2 Å². The molecule has 0 saturated carbocycles. The van der Waals surface area contributed by atoms with Gasteiger partial charge in [-0.1, -0.05) is 48.0 Å². The van der Waals surface area contributed by atoms with Gasteiger partial charge in [-0.2, -0.15) is 0 Å². The van der Waals surface area contributed by atoms with Crippen molar-refractivity contribution in [3.05, 3.63) is 71.2 Å². The van der Waals surface area contributed by atoms with Gasteiger partial charge in [0.05, 0.1) is 7.11 Å². The zero-order chi connectivity index (χ0) is 17.9. The number of hydrogen-bond donors (Lipinski definition) is 0. The zero-order valence-electron chi connectivity index (χ0n) is 15.0. The van der Waals surface area contributed by atoms with Gasteiger partial charge in [0.25, 0.3) is 0 Å². The fraction of sp³-hybridized carbons (Fsp3) is 0.273. The van der Waals surface area contributed by atoms with E-state index < -0.39 is 0 Å². The first-order chi connectivity index (χ1) is 12.7. The summed E-state index contributed by atoms with van der Waals surface area (Å²) in [7, 11) is 1.73. The Morgan fingerprint density at radius 3 is 2.38 bits per heavy atom. The van der Waals surface area contributed by atoms with Crippen LogP contribution in [0.5, 0.6) is 5.75 Å². The van der Waals surface area contributed by atoms with E-state index in [1.54, 1.807) is 7.11 Å². The Bertz CT molecular complexity index is 904. The van der Waals surface area contributed by atoms with Gasteiger partial charge >= 0.3 is 0 Å². The van der Waals surface area contributed by atoms with E-state index in [4.69, 9.17) is 16.3 Å². The highest BCUT2D eigenvalue weighted by Gasteiger charge is 2.18. The van der Waals surface area contributed by atoms with E-state index in [2.05, 4.69) is 52.3 Å². The fourth-order valence-electron chi connectivity index (χ4n) is 3.73. The third kappa shape index (κ3) is 3.50. The Morgan fingerprint density at radius 1 is 0.885 bits per heavy atom. The SMILES string of the molecule is COc1ccc(CN2CCN(c3cccc(Cl)c3)CC2)c2ccccc12. The second-order valence-corrected chi connectivity index (χ2v) is 7.15. The summed E-state index contributed by atoms with van der Waals surface area (Å²) in [4.78, 5) is 4.93. The number of benzene rings is 3. The van der Waals surface area contributed by atoms with Crippen LogP contribution in [0.2, 0.25) is 5.02 Å². The van der Waals surface area contributed by atoms with Gasteiger partial charge < -0.3 is 9.64 Å². The highest BCUT2D eigenvalue weighted by atomic mass is 35.5. The molecule has 4 rings (SSSR count). The molecule has 0 aliphatic carbocycles. The maximum absolute atomic E-state index is 6.13. The molecule has 3 aromatic rings. The van der Waals surface area contributed by atoms with Gasteiger partial charge in [-0.3, -0.25) is 4.90 Å². The van der Waals surface area contributed by atoms with Crippen LogP contribution in [0.25, 0.3) is 10.8 Å². The van der Waals surface area contributed by atoms with E-state index in [1.165, 1.54) is 22.0 Å². The van der Waals surface area contributed by atoms with Crippen molar-refractivity contribution >= 4 is 28.1 Å². The minimum atomic E-state index is 0.801. The summed E-state index contributed by atoms with van der Waals surface area (Å²) >= 11 is 6.13. The van der Waals surface area contributed by atoms with E-state index >= 15 is 0 Å². The highest BCUT2D eigenvalue weighted by Crippen LogP contribution is 2.29. The van der Waals surface area contributed by atoms with Crippen molar-refractivity contribution in [2.75, 3.05) is 38.2 Å². The standard InChI is InChI=1S/C22H23ClN2O/c1-26-22-10-9-17(20-7-2-3-8-21(20)22)16-24-11-13-25(14-12-24)19-6-4-5-18(23)15-19/h2-10,15H,11-14,16H2,1H3. The smallest absolute Gasteiger partial charge is 0.126 e. The lowest BCUT2D eigenvalue weighted by atomic mass is 10.0. The molecular weight excluding hydrogens is 344 g/mol. The van der Waals surface area contributed by atoms with Crippen LogP contribution >= 0.6 is 11.6 Å². The van der Waals surface area contributed by atoms with Gasteiger partial charge in [0.1, 0.15) is 5.75 Å². The molecule has 1 saturated heterocycles. The Kier molecular flexibility index (Phi) is 5.00. The van der Waals surface area contributed by atoms with Crippen molar-refractivity contribution in [2.24, 2.45) is 0 Å². The molecule has 0 atom stereocenters. The second kappa shape index (κ2) is 7.56. The van der Waals surface area contributed by atoms with Crippen LogP contribution in [-0.2, 0) is 6.54 Å². The van der Waals surface area contributed by atoms with E-state index in [-0.39, 0.29) is 0 Å². The van der Waals surface area contributed by atoms with Crippen LogP contribution in [0.15, 0.2) is 60.7 Å². The summed E-state index contributed by atoms with van der Waals surface area (Å²) in [6, 6.07) is 20.9. The predicted molar refractivity (Wildman–Crippen MR) is 109 cm³/mol. The largest absolute Gasteiger partial charge is 0.496 e. The molecule has 1 fully saturated rings. The number of anilines is 1. The third-order valence-electron chi connectivity index (χ3n) is 5.13. The average Bonchev–Trinajstić information content (AvgIpc) is 2.69. The molecule has 3 nitrogen and oxygen atoms in total. The van der Waals surface area contributed by atoms with Crippen LogP contribution in [0.3, 0.4) is 0 Å². The number of piperazine rings is 1. The molecule has 0 amide bonds. The summed E-state index contributed by atoms with van der Waals surface area (Å²) in [6.45, 7) is 5.11. The minimum Gasteiger partial charge on any atom is -0.496 e. The first-order valence-corrected chi connectivity index (χ1v) is 9.40. The van der Waals surface area contributed by atoms with E-state index in [1.807, 2.05) is 18.2 Å². The molecule has 0 aromatic heterocycles. The molecular formula is C22H23ClN2O. The maximum Gasteiger partial charge on any atom is 0.126 e.